The molecule has 0 spiro atoms. The summed E-state index contributed by atoms with van der Waals surface area (Å²) in [5.41, 5.74) is 0.716. The molecule has 2 N–H and O–H groups in total. The van der Waals surface area contributed by atoms with Gasteiger partial charge in [0.25, 0.3) is 0 Å². The summed E-state index contributed by atoms with van der Waals surface area (Å²) in [5, 5.41) is 0. The van der Waals surface area contributed by atoms with Crippen molar-refractivity contribution in [2.45, 2.75) is 0 Å². The maximum atomic E-state index is 10.4. The SMILES string of the molecule is O=P(O)(O)/C=C/c1ccncc1. The van der Waals surface area contributed by atoms with Crippen molar-refractivity contribution in [1.29, 1.82) is 0 Å². The molecule has 0 aliphatic heterocycles. The van der Waals surface area contributed by atoms with Crippen molar-refractivity contribution in [3.8, 4) is 0 Å². The molecule has 0 radical (unpaired) electrons. The smallest absolute Gasteiger partial charge is 0.321 e. The van der Waals surface area contributed by atoms with E-state index in [2.05, 4.69) is 4.98 Å². The van der Waals surface area contributed by atoms with E-state index in [9.17, 15) is 4.57 Å². The molecule has 0 bridgehead atoms. The summed E-state index contributed by atoms with van der Waals surface area (Å²) in [4.78, 5) is 20.7. The molecule has 0 unspecified atom stereocenters. The maximum Gasteiger partial charge on any atom is 0.349 e. The number of pyridine rings is 1. The molecule has 0 aliphatic carbocycles. The lowest BCUT2D eigenvalue weighted by Gasteiger charge is -1.94. The molecule has 1 rings (SSSR count). The first-order valence-corrected chi connectivity index (χ1v) is 4.90. The number of hydrogen-bond acceptors (Lipinski definition) is 2. The van der Waals surface area contributed by atoms with Crippen LogP contribution in [-0.2, 0) is 4.57 Å². The Morgan fingerprint density at radius 3 is 2.42 bits per heavy atom. The largest absolute Gasteiger partial charge is 0.349 e. The third kappa shape index (κ3) is 3.44. The van der Waals surface area contributed by atoms with Gasteiger partial charge in [-0.1, -0.05) is 0 Å². The zero-order valence-corrected chi connectivity index (χ0v) is 7.06. The fourth-order valence-electron chi connectivity index (χ4n) is 0.658. The van der Waals surface area contributed by atoms with Gasteiger partial charge in [-0.3, -0.25) is 9.55 Å². The Hall–Kier alpha value is -0.960. The van der Waals surface area contributed by atoms with Crippen LogP contribution in [0.25, 0.3) is 6.08 Å². The molecule has 12 heavy (non-hydrogen) atoms. The van der Waals surface area contributed by atoms with Crippen LogP contribution in [0.2, 0.25) is 0 Å². The van der Waals surface area contributed by atoms with Crippen molar-refractivity contribution >= 4 is 13.7 Å². The van der Waals surface area contributed by atoms with E-state index in [-0.39, 0.29) is 0 Å². The van der Waals surface area contributed by atoms with Crippen LogP contribution in [0, 0.1) is 0 Å². The Kier molecular flexibility index (Phi) is 2.76. The number of rotatable bonds is 2. The van der Waals surface area contributed by atoms with Crippen LogP contribution in [0.3, 0.4) is 0 Å². The van der Waals surface area contributed by atoms with E-state index in [1.165, 1.54) is 6.08 Å². The van der Waals surface area contributed by atoms with Gasteiger partial charge in [-0.05, 0) is 23.8 Å². The quantitative estimate of drug-likeness (QED) is 0.680. The fourth-order valence-corrected chi connectivity index (χ4v) is 1.02. The van der Waals surface area contributed by atoms with E-state index in [1.807, 2.05) is 0 Å². The molecule has 0 atom stereocenters. The van der Waals surface area contributed by atoms with Crippen LogP contribution >= 0.6 is 7.60 Å². The molecular formula is C7H8NO3P. The van der Waals surface area contributed by atoms with Crippen LogP contribution in [0.4, 0.5) is 0 Å². The second-order valence-electron chi connectivity index (χ2n) is 2.19. The molecule has 1 aromatic rings. The highest BCUT2D eigenvalue weighted by atomic mass is 31.2. The summed E-state index contributed by atoms with van der Waals surface area (Å²) in [7, 11) is -4.03. The van der Waals surface area contributed by atoms with Crippen molar-refractivity contribution in [2.75, 3.05) is 0 Å². The van der Waals surface area contributed by atoms with Gasteiger partial charge >= 0.3 is 7.60 Å². The van der Waals surface area contributed by atoms with Crippen LogP contribution in [0.5, 0.6) is 0 Å². The second kappa shape index (κ2) is 3.63. The summed E-state index contributed by atoms with van der Waals surface area (Å²) in [6.07, 6.45) is 4.47. The van der Waals surface area contributed by atoms with Crippen molar-refractivity contribution in [1.82, 2.24) is 4.98 Å². The molecule has 0 amide bonds. The van der Waals surface area contributed by atoms with E-state index < -0.39 is 7.60 Å². The molecule has 1 heterocycles. The highest BCUT2D eigenvalue weighted by molar-refractivity contribution is 7.55. The van der Waals surface area contributed by atoms with Gasteiger partial charge in [-0.2, -0.15) is 0 Å². The van der Waals surface area contributed by atoms with Crippen molar-refractivity contribution in [3.05, 3.63) is 35.9 Å². The van der Waals surface area contributed by atoms with Gasteiger partial charge in [0.1, 0.15) is 0 Å². The highest BCUT2D eigenvalue weighted by Crippen LogP contribution is 2.36. The van der Waals surface area contributed by atoms with E-state index in [4.69, 9.17) is 9.79 Å². The standard InChI is InChI=1S/C7H8NO3P/c9-12(10,11)6-3-7-1-4-8-5-2-7/h1-6H,(H2,9,10,11)/b6-3+. The average molecular weight is 185 g/mol. The average Bonchev–Trinajstić information content (AvgIpc) is 2.02. The minimum Gasteiger partial charge on any atom is -0.321 e. The van der Waals surface area contributed by atoms with Crippen LogP contribution in [0.15, 0.2) is 30.3 Å². The Balaban J connectivity index is 2.78. The lowest BCUT2D eigenvalue weighted by Crippen LogP contribution is -1.73. The van der Waals surface area contributed by atoms with E-state index in [1.54, 1.807) is 24.5 Å². The molecule has 5 heteroatoms. The molecule has 4 nitrogen and oxygen atoms in total. The topological polar surface area (TPSA) is 70.4 Å². The summed E-state index contributed by atoms with van der Waals surface area (Å²) in [5.74, 6) is 0.863. The van der Waals surface area contributed by atoms with E-state index in [0.717, 1.165) is 5.82 Å². The van der Waals surface area contributed by atoms with Gasteiger partial charge in [-0.25, -0.2) is 0 Å². The Morgan fingerprint density at radius 2 is 1.92 bits per heavy atom. The molecule has 0 saturated carbocycles. The molecule has 0 aliphatic rings. The third-order valence-corrected chi connectivity index (χ3v) is 1.70. The first-order valence-electron chi connectivity index (χ1n) is 3.22. The van der Waals surface area contributed by atoms with Gasteiger partial charge in [0.05, 0.1) is 0 Å². The van der Waals surface area contributed by atoms with Crippen LogP contribution in [0.1, 0.15) is 5.56 Å². The van der Waals surface area contributed by atoms with Crippen LogP contribution < -0.4 is 0 Å². The molecule has 0 aromatic carbocycles. The molecule has 0 fully saturated rings. The normalized spacial score (nSPS) is 12.2. The predicted octanol–water partition coefficient (Wildman–Crippen LogP) is 1.23. The Labute approximate surface area is 69.7 Å². The Morgan fingerprint density at radius 1 is 1.33 bits per heavy atom. The first kappa shape index (κ1) is 9.13. The zero-order valence-electron chi connectivity index (χ0n) is 6.16. The first-order chi connectivity index (χ1) is 5.58. The van der Waals surface area contributed by atoms with Crippen LogP contribution in [-0.4, -0.2) is 14.8 Å². The third-order valence-electron chi connectivity index (χ3n) is 1.17. The summed E-state index contributed by atoms with van der Waals surface area (Å²) >= 11 is 0. The zero-order chi connectivity index (χ0) is 9.03. The summed E-state index contributed by atoms with van der Waals surface area (Å²) in [6, 6.07) is 3.32. The lowest BCUT2D eigenvalue weighted by atomic mass is 10.3. The molecule has 64 valence electrons. The summed E-state index contributed by atoms with van der Waals surface area (Å²) in [6.45, 7) is 0. The van der Waals surface area contributed by atoms with Gasteiger partial charge in [0.2, 0.25) is 0 Å². The molecule has 1 aromatic heterocycles. The fraction of sp³-hybridized carbons (Fsp3) is 0. The highest BCUT2D eigenvalue weighted by Gasteiger charge is 2.04. The maximum absolute atomic E-state index is 10.4. The van der Waals surface area contributed by atoms with Gasteiger partial charge in [0, 0.05) is 18.2 Å². The lowest BCUT2D eigenvalue weighted by molar-refractivity contribution is 0.386. The number of aromatic nitrogens is 1. The second-order valence-corrected chi connectivity index (χ2v) is 3.66. The predicted molar refractivity (Wildman–Crippen MR) is 45.3 cm³/mol. The monoisotopic (exact) mass is 185 g/mol. The molecule has 0 saturated heterocycles. The van der Waals surface area contributed by atoms with E-state index >= 15 is 0 Å². The van der Waals surface area contributed by atoms with Gasteiger partial charge < -0.3 is 9.79 Å². The van der Waals surface area contributed by atoms with Gasteiger partial charge in [-0.15, -0.1) is 0 Å². The van der Waals surface area contributed by atoms with Crippen molar-refractivity contribution < 1.29 is 14.4 Å². The van der Waals surface area contributed by atoms with Crippen molar-refractivity contribution in [3.63, 3.8) is 0 Å². The number of hydrogen-bond donors (Lipinski definition) is 2. The summed E-state index contributed by atoms with van der Waals surface area (Å²) < 4.78 is 10.4. The number of nitrogens with zero attached hydrogens (tertiary/aromatic N) is 1. The minimum atomic E-state index is -4.03. The van der Waals surface area contributed by atoms with Gasteiger partial charge in [0.15, 0.2) is 0 Å². The Bertz CT molecular complexity index is 317. The minimum absolute atomic E-state index is 0.716. The molecular weight excluding hydrogens is 177 g/mol. The van der Waals surface area contributed by atoms with Crippen molar-refractivity contribution in [2.24, 2.45) is 0 Å². The van der Waals surface area contributed by atoms with E-state index in [0.29, 0.717) is 5.56 Å².